The van der Waals surface area contributed by atoms with Gasteiger partial charge in [-0.25, -0.2) is 4.79 Å². The van der Waals surface area contributed by atoms with Gasteiger partial charge < -0.3 is 16.0 Å². The molecule has 2 unspecified atom stereocenters. The Morgan fingerprint density at radius 2 is 1.91 bits per heavy atom. The molecule has 8 heteroatoms. The molecule has 0 saturated carbocycles. The number of rotatable bonds is 5. The summed E-state index contributed by atoms with van der Waals surface area (Å²) < 4.78 is 2.93. The van der Waals surface area contributed by atoms with Crippen LogP contribution in [0, 0.1) is 0 Å². The van der Waals surface area contributed by atoms with E-state index in [4.69, 9.17) is 5.73 Å². The number of nitrogens with zero attached hydrogens (tertiary/aromatic N) is 4. The van der Waals surface area contributed by atoms with Crippen molar-refractivity contribution in [2.45, 2.75) is 45.6 Å². The molecule has 0 spiro atoms. The molecule has 0 aliphatic carbocycles. The van der Waals surface area contributed by atoms with E-state index >= 15 is 0 Å². The van der Waals surface area contributed by atoms with Crippen LogP contribution < -0.4 is 27.2 Å². The standard InChI is InChI=1S/C27H34N6O2/c1-18(2)13-15-32-23-24(29-26(32)31-14-7-11-21(28)17-31)30(3)27(35)33(25(23)34)16-20-10-6-9-19-8-4-5-12-22(19)20/h4-6,8-10,12-13,21,26,29H,7,11,14-17,28H2,1-3H3. The van der Waals surface area contributed by atoms with E-state index in [1.54, 1.807) is 11.6 Å². The molecule has 0 bridgehead atoms. The second-order valence-electron chi connectivity index (χ2n) is 9.92. The Hall–Kier alpha value is -3.36. The van der Waals surface area contributed by atoms with Crippen LogP contribution in [0.15, 0.2) is 63.7 Å². The first-order valence-electron chi connectivity index (χ1n) is 12.3. The molecule has 2 aliphatic heterocycles. The number of likely N-dealkylation sites (tertiary alicyclic amines) is 1. The third-order valence-electron chi connectivity index (χ3n) is 7.11. The Kier molecular flexibility index (Phi) is 6.25. The van der Waals surface area contributed by atoms with Gasteiger partial charge in [0.15, 0.2) is 6.29 Å². The number of hydrogen-bond acceptors (Lipinski definition) is 6. The van der Waals surface area contributed by atoms with Crippen molar-refractivity contribution < 1.29 is 0 Å². The van der Waals surface area contributed by atoms with E-state index in [2.05, 4.69) is 35.0 Å². The molecule has 35 heavy (non-hydrogen) atoms. The lowest BCUT2D eigenvalue weighted by Gasteiger charge is -2.39. The highest BCUT2D eigenvalue weighted by Crippen LogP contribution is 2.32. The molecule has 0 amide bonds. The summed E-state index contributed by atoms with van der Waals surface area (Å²) in [6.45, 7) is 6.53. The van der Waals surface area contributed by atoms with Crippen molar-refractivity contribution in [2.24, 2.45) is 12.8 Å². The lowest BCUT2D eigenvalue weighted by molar-refractivity contribution is 0.164. The molecule has 3 heterocycles. The van der Waals surface area contributed by atoms with E-state index in [0.29, 0.717) is 18.1 Å². The summed E-state index contributed by atoms with van der Waals surface area (Å²) in [7, 11) is 1.73. The number of nitrogens with two attached hydrogens (primary N) is 1. The zero-order valence-corrected chi connectivity index (χ0v) is 20.7. The molecule has 184 valence electrons. The minimum atomic E-state index is -0.327. The fraction of sp³-hybridized carbons (Fsp3) is 0.407. The summed E-state index contributed by atoms with van der Waals surface area (Å²) in [4.78, 5) is 31.7. The van der Waals surface area contributed by atoms with Crippen molar-refractivity contribution in [3.05, 3.63) is 80.5 Å². The number of benzene rings is 2. The lowest BCUT2D eigenvalue weighted by atomic mass is 10.0. The highest BCUT2D eigenvalue weighted by Gasteiger charge is 2.38. The summed E-state index contributed by atoms with van der Waals surface area (Å²) >= 11 is 0. The molecule has 1 aromatic heterocycles. The average molecular weight is 475 g/mol. The Balaban J connectivity index is 1.61. The van der Waals surface area contributed by atoms with Crippen LogP contribution in [0.2, 0.25) is 0 Å². The van der Waals surface area contributed by atoms with Gasteiger partial charge in [0.05, 0.1) is 6.54 Å². The minimum Gasteiger partial charge on any atom is -0.337 e. The van der Waals surface area contributed by atoms with Gasteiger partial charge in [-0.3, -0.25) is 18.8 Å². The maximum absolute atomic E-state index is 13.9. The second kappa shape index (κ2) is 9.36. The summed E-state index contributed by atoms with van der Waals surface area (Å²) in [6, 6.07) is 14.2. The van der Waals surface area contributed by atoms with Crippen molar-refractivity contribution in [1.29, 1.82) is 0 Å². The normalized spacial score (nSPS) is 20.1. The zero-order valence-electron chi connectivity index (χ0n) is 20.7. The summed E-state index contributed by atoms with van der Waals surface area (Å²) in [5.74, 6) is 0.570. The van der Waals surface area contributed by atoms with Crippen LogP contribution in [-0.4, -0.2) is 46.0 Å². The molecule has 2 atom stereocenters. The van der Waals surface area contributed by atoms with E-state index in [9.17, 15) is 9.59 Å². The highest BCUT2D eigenvalue weighted by molar-refractivity contribution is 5.85. The zero-order chi connectivity index (χ0) is 24.7. The van der Waals surface area contributed by atoms with Gasteiger partial charge in [0.25, 0.3) is 5.56 Å². The third-order valence-corrected chi connectivity index (χ3v) is 7.11. The molecule has 0 radical (unpaired) electrons. The highest BCUT2D eigenvalue weighted by atomic mass is 16.2. The van der Waals surface area contributed by atoms with Crippen LogP contribution >= 0.6 is 0 Å². The largest absolute Gasteiger partial charge is 0.337 e. The van der Waals surface area contributed by atoms with Crippen LogP contribution in [0.1, 0.15) is 32.3 Å². The van der Waals surface area contributed by atoms with Gasteiger partial charge in [-0.15, -0.1) is 0 Å². The van der Waals surface area contributed by atoms with E-state index < -0.39 is 0 Å². The Labute approximate surface area is 205 Å². The predicted octanol–water partition coefficient (Wildman–Crippen LogP) is 2.65. The molecule has 3 aromatic rings. The SMILES string of the molecule is CC(C)=CCN1c2c(n(C)c(=O)n(Cc3cccc4ccccc34)c2=O)NC1N1CCCC(N)C1. The Morgan fingerprint density at radius 1 is 1.14 bits per heavy atom. The van der Waals surface area contributed by atoms with Gasteiger partial charge in [0, 0.05) is 32.7 Å². The summed E-state index contributed by atoms with van der Waals surface area (Å²) in [5, 5.41) is 5.62. The van der Waals surface area contributed by atoms with Gasteiger partial charge in [0.2, 0.25) is 0 Å². The maximum Gasteiger partial charge on any atom is 0.332 e. The smallest absolute Gasteiger partial charge is 0.332 e. The van der Waals surface area contributed by atoms with Crippen molar-refractivity contribution in [2.75, 3.05) is 29.9 Å². The number of allylic oxidation sites excluding steroid dienone is 1. The summed E-state index contributed by atoms with van der Waals surface area (Å²) in [5.41, 5.74) is 8.35. The monoisotopic (exact) mass is 474 g/mol. The molecule has 2 aromatic carbocycles. The van der Waals surface area contributed by atoms with Crippen molar-refractivity contribution >= 4 is 22.3 Å². The topological polar surface area (TPSA) is 88.5 Å². The Morgan fingerprint density at radius 3 is 2.69 bits per heavy atom. The van der Waals surface area contributed by atoms with Gasteiger partial charge in [-0.05, 0) is 43.0 Å². The van der Waals surface area contributed by atoms with Crippen LogP contribution in [-0.2, 0) is 13.6 Å². The van der Waals surface area contributed by atoms with E-state index in [1.165, 1.54) is 10.1 Å². The van der Waals surface area contributed by atoms with Crippen LogP contribution in [0.4, 0.5) is 11.5 Å². The molecular formula is C27H34N6O2. The number of anilines is 2. The molecule has 3 N–H and O–H groups in total. The third kappa shape index (κ3) is 4.28. The lowest BCUT2D eigenvalue weighted by Crippen LogP contribution is -2.56. The van der Waals surface area contributed by atoms with Crippen molar-refractivity contribution in [1.82, 2.24) is 14.0 Å². The molecule has 5 rings (SSSR count). The maximum atomic E-state index is 13.9. The number of nitrogens with one attached hydrogen (secondary N) is 1. The number of piperidine rings is 1. The minimum absolute atomic E-state index is 0.103. The van der Waals surface area contributed by atoms with Crippen molar-refractivity contribution in [3.8, 4) is 0 Å². The van der Waals surface area contributed by atoms with Crippen LogP contribution in [0.5, 0.6) is 0 Å². The van der Waals surface area contributed by atoms with Crippen LogP contribution in [0.25, 0.3) is 10.8 Å². The van der Waals surface area contributed by atoms with Gasteiger partial charge in [0.1, 0.15) is 11.5 Å². The summed E-state index contributed by atoms with van der Waals surface area (Å²) in [6.07, 6.45) is 3.91. The van der Waals surface area contributed by atoms with Crippen LogP contribution in [0.3, 0.4) is 0 Å². The quantitative estimate of drug-likeness (QED) is 0.553. The van der Waals surface area contributed by atoms with E-state index in [0.717, 1.165) is 42.3 Å². The molecule has 8 nitrogen and oxygen atoms in total. The molecule has 1 saturated heterocycles. The predicted molar refractivity (Wildman–Crippen MR) is 142 cm³/mol. The number of aromatic nitrogens is 2. The molecular weight excluding hydrogens is 440 g/mol. The van der Waals surface area contributed by atoms with E-state index in [-0.39, 0.29) is 30.1 Å². The fourth-order valence-electron chi connectivity index (χ4n) is 5.26. The first kappa shape index (κ1) is 23.4. The number of hydrogen-bond donors (Lipinski definition) is 2. The van der Waals surface area contributed by atoms with Crippen molar-refractivity contribution in [3.63, 3.8) is 0 Å². The van der Waals surface area contributed by atoms with E-state index in [1.807, 2.05) is 42.5 Å². The fourth-order valence-corrected chi connectivity index (χ4v) is 5.26. The first-order chi connectivity index (χ1) is 16.8. The molecule has 2 aliphatic rings. The van der Waals surface area contributed by atoms with Gasteiger partial charge in [-0.2, -0.15) is 0 Å². The Bertz CT molecular complexity index is 1400. The second-order valence-corrected chi connectivity index (χ2v) is 9.92. The average Bonchev–Trinajstić information content (AvgIpc) is 3.24. The molecule has 1 fully saturated rings. The first-order valence-corrected chi connectivity index (χ1v) is 12.3. The van der Waals surface area contributed by atoms with Gasteiger partial charge >= 0.3 is 5.69 Å². The number of fused-ring (bicyclic) bond motifs is 2. The van der Waals surface area contributed by atoms with Gasteiger partial charge in [-0.1, -0.05) is 54.1 Å².